The zero-order valence-corrected chi connectivity index (χ0v) is 12.0. The maximum absolute atomic E-state index is 11.8. The average Bonchev–Trinajstić information content (AvgIpc) is 2.95. The molecule has 0 spiro atoms. The highest BCUT2D eigenvalue weighted by molar-refractivity contribution is 5.73. The van der Waals surface area contributed by atoms with Crippen molar-refractivity contribution in [2.75, 3.05) is 0 Å². The molecule has 2 nitrogen and oxygen atoms in total. The lowest BCUT2D eigenvalue weighted by atomic mass is 9.45. The van der Waals surface area contributed by atoms with Crippen LogP contribution in [0.25, 0.3) is 0 Å². The molecule has 0 aromatic heterocycles. The molecule has 5 saturated carbocycles. The van der Waals surface area contributed by atoms with Crippen molar-refractivity contribution in [1.29, 1.82) is 0 Å². The van der Waals surface area contributed by atoms with Crippen molar-refractivity contribution in [2.45, 2.75) is 44.9 Å². The maximum Gasteiger partial charge on any atom is 0.307 e. The number of hydrogen-bond acceptors (Lipinski definition) is 1. The van der Waals surface area contributed by atoms with Crippen LogP contribution in [-0.4, -0.2) is 11.1 Å². The zero-order valence-electron chi connectivity index (χ0n) is 12.0. The van der Waals surface area contributed by atoms with E-state index in [1.165, 1.54) is 32.1 Å². The van der Waals surface area contributed by atoms with Gasteiger partial charge in [0.2, 0.25) is 0 Å². The Bertz CT molecular complexity index is 466. The summed E-state index contributed by atoms with van der Waals surface area (Å²) in [4.78, 5) is 11.8. The second-order valence-corrected chi connectivity index (χ2v) is 8.52. The van der Waals surface area contributed by atoms with Crippen molar-refractivity contribution in [2.24, 2.45) is 46.8 Å². The van der Waals surface area contributed by atoms with Crippen molar-refractivity contribution in [1.82, 2.24) is 0 Å². The summed E-state index contributed by atoms with van der Waals surface area (Å²) in [5.41, 5.74) is 0.0408. The van der Waals surface area contributed by atoms with Crippen LogP contribution in [0.5, 0.6) is 0 Å². The molecule has 5 fully saturated rings. The smallest absolute Gasteiger partial charge is 0.307 e. The Kier molecular flexibility index (Phi) is 2.18. The number of allylic oxidation sites excluding steroid dienone is 2. The number of carboxylic acids is 1. The fourth-order valence-corrected chi connectivity index (χ4v) is 7.46. The predicted molar refractivity (Wildman–Crippen MR) is 76.0 cm³/mol. The Balaban J connectivity index is 1.56. The Morgan fingerprint density at radius 2 is 1.65 bits per heavy atom. The molecular formula is C18H24O2. The summed E-state index contributed by atoms with van der Waals surface area (Å²) in [5, 5.41) is 9.72. The molecule has 6 aliphatic rings. The van der Waals surface area contributed by atoms with Gasteiger partial charge in [-0.3, -0.25) is 4.79 Å². The molecular weight excluding hydrogens is 248 g/mol. The maximum atomic E-state index is 11.8. The van der Waals surface area contributed by atoms with E-state index in [9.17, 15) is 9.90 Å². The topological polar surface area (TPSA) is 37.3 Å². The summed E-state index contributed by atoms with van der Waals surface area (Å²) in [7, 11) is 0. The van der Waals surface area contributed by atoms with Crippen LogP contribution in [0.2, 0.25) is 0 Å². The molecule has 108 valence electrons. The summed E-state index contributed by atoms with van der Waals surface area (Å²) in [6.07, 6.45) is 13.9. The number of rotatable bonds is 2. The van der Waals surface area contributed by atoms with Gasteiger partial charge >= 0.3 is 5.97 Å². The second kappa shape index (κ2) is 3.69. The standard InChI is InChI=1S/C18H24O2/c19-17(20)15-8-10-1-2-18(15,9-10)16-13-4-11-3-12(6-13)7-14(16)5-11/h1-2,10-16H,3-9H2,(H,19,20). The Hall–Kier alpha value is -0.790. The lowest BCUT2D eigenvalue weighted by molar-refractivity contribution is -0.151. The molecule has 0 saturated heterocycles. The van der Waals surface area contributed by atoms with Crippen LogP contribution in [0, 0.1) is 46.8 Å². The highest BCUT2D eigenvalue weighted by atomic mass is 16.4. The lowest BCUT2D eigenvalue weighted by Crippen LogP contribution is -2.53. The van der Waals surface area contributed by atoms with E-state index in [1.54, 1.807) is 0 Å². The minimum Gasteiger partial charge on any atom is -0.481 e. The van der Waals surface area contributed by atoms with Gasteiger partial charge in [-0.2, -0.15) is 0 Å². The second-order valence-electron chi connectivity index (χ2n) is 8.52. The van der Waals surface area contributed by atoms with E-state index in [-0.39, 0.29) is 11.3 Å². The summed E-state index contributed by atoms with van der Waals surface area (Å²) in [6.45, 7) is 0. The van der Waals surface area contributed by atoms with Crippen LogP contribution in [0.15, 0.2) is 12.2 Å². The third-order valence-electron chi connectivity index (χ3n) is 7.63. The van der Waals surface area contributed by atoms with Crippen LogP contribution in [0.4, 0.5) is 0 Å². The number of hydrogen-bond donors (Lipinski definition) is 1. The molecule has 0 radical (unpaired) electrons. The van der Waals surface area contributed by atoms with Gasteiger partial charge in [0.25, 0.3) is 0 Å². The van der Waals surface area contributed by atoms with Gasteiger partial charge in [0, 0.05) is 5.41 Å². The lowest BCUT2D eigenvalue weighted by Gasteiger charge is -2.59. The molecule has 3 atom stereocenters. The van der Waals surface area contributed by atoms with Crippen LogP contribution in [0.3, 0.4) is 0 Å². The van der Waals surface area contributed by atoms with E-state index in [1.807, 2.05) is 0 Å². The molecule has 2 heteroatoms. The van der Waals surface area contributed by atoms with E-state index in [0.717, 1.165) is 36.5 Å². The number of carboxylic acid groups (broad SMARTS) is 1. The van der Waals surface area contributed by atoms with Gasteiger partial charge in [-0.25, -0.2) is 0 Å². The van der Waals surface area contributed by atoms with Crippen molar-refractivity contribution < 1.29 is 9.90 Å². The number of fused-ring (bicyclic) bond motifs is 3. The van der Waals surface area contributed by atoms with Crippen molar-refractivity contribution >= 4 is 5.97 Å². The molecule has 6 bridgehead atoms. The van der Waals surface area contributed by atoms with Gasteiger partial charge in [0.1, 0.15) is 0 Å². The van der Waals surface area contributed by atoms with Crippen LogP contribution in [0.1, 0.15) is 44.9 Å². The third-order valence-corrected chi connectivity index (χ3v) is 7.63. The number of carbonyl (C=O) groups is 1. The van der Waals surface area contributed by atoms with Gasteiger partial charge < -0.3 is 5.11 Å². The molecule has 20 heavy (non-hydrogen) atoms. The summed E-state index contributed by atoms with van der Waals surface area (Å²) in [5.74, 6) is 4.30. The monoisotopic (exact) mass is 272 g/mol. The van der Waals surface area contributed by atoms with E-state index in [2.05, 4.69) is 12.2 Å². The Labute approximate surface area is 120 Å². The van der Waals surface area contributed by atoms with E-state index in [4.69, 9.17) is 0 Å². The van der Waals surface area contributed by atoms with Crippen LogP contribution >= 0.6 is 0 Å². The molecule has 6 aliphatic carbocycles. The Morgan fingerprint density at radius 3 is 2.20 bits per heavy atom. The molecule has 0 heterocycles. The fraction of sp³-hybridized carbons (Fsp3) is 0.833. The average molecular weight is 272 g/mol. The minimum atomic E-state index is -0.523. The molecule has 3 unspecified atom stereocenters. The van der Waals surface area contributed by atoms with E-state index >= 15 is 0 Å². The molecule has 0 amide bonds. The number of aliphatic carboxylic acids is 1. The highest BCUT2D eigenvalue weighted by Gasteiger charge is 2.62. The van der Waals surface area contributed by atoms with Crippen molar-refractivity contribution in [3.8, 4) is 0 Å². The molecule has 0 aromatic rings. The van der Waals surface area contributed by atoms with E-state index < -0.39 is 5.97 Å². The first-order chi connectivity index (χ1) is 9.65. The summed E-state index contributed by atoms with van der Waals surface area (Å²) in [6, 6.07) is 0. The molecule has 0 aliphatic heterocycles. The quantitative estimate of drug-likeness (QED) is 0.778. The van der Waals surface area contributed by atoms with Gasteiger partial charge in [-0.1, -0.05) is 12.2 Å². The van der Waals surface area contributed by atoms with Gasteiger partial charge in [0.05, 0.1) is 5.92 Å². The van der Waals surface area contributed by atoms with Gasteiger partial charge in [0.15, 0.2) is 0 Å². The first-order valence-electron chi connectivity index (χ1n) is 8.58. The van der Waals surface area contributed by atoms with Crippen molar-refractivity contribution in [3.63, 3.8) is 0 Å². The first kappa shape index (κ1) is 11.8. The largest absolute Gasteiger partial charge is 0.481 e. The fourth-order valence-electron chi connectivity index (χ4n) is 7.46. The molecule has 1 N–H and O–H groups in total. The molecule has 0 aromatic carbocycles. The highest BCUT2D eigenvalue weighted by Crippen LogP contribution is 2.68. The zero-order chi connectivity index (χ0) is 13.5. The first-order valence-corrected chi connectivity index (χ1v) is 8.58. The Morgan fingerprint density at radius 1 is 1.00 bits per heavy atom. The van der Waals surface area contributed by atoms with Gasteiger partial charge in [-0.15, -0.1) is 0 Å². The van der Waals surface area contributed by atoms with Gasteiger partial charge in [-0.05, 0) is 80.5 Å². The van der Waals surface area contributed by atoms with Crippen LogP contribution < -0.4 is 0 Å². The SMILES string of the molecule is O=C(O)C1CC2C=CC1(C1C3CC4CC(C3)CC1C4)C2. The summed E-state index contributed by atoms with van der Waals surface area (Å²) >= 11 is 0. The normalized spacial score (nSPS) is 58.5. The predicted octanol–water partition coefficient (Wildman–Crippen LogP) is 3.73. The van der Waals surface area contributed by atoms with Crippen LogP contribution in [-0.2, 0) is 4.79 Å². The summed E-state index contributed by atoms with van der Waals surface area (Å²) < 4.78 is 0. The van der Waals surface area contributed by atoms with E-state index in [0.29, 0.717) is 11.8 Å². The minimum absolute atomic E-state index is 0.0408. The molecule has 6 rings (SSSR count). The van der Waals surface area contributed by atoms with Crippen molar-refractivity contribution in [3.05, 3.63) is 12.2 Å². The third kappa shape index (κ3) is 1.33.